The van der Waals surface area contributed by atoms with Crippen molar-refractivity contribution in [3.05, 3.63) is 24.3 Å². The van der Waals surface area contributed by atoms with Gasteiger partial charge in [0.05, 0.1) is 5.69 Å². The summed E-state index contributed by atoms with van der Waals surface area (Å²) in [5, 5.41) is 2.81. The molecule has 1 aliphatic rings. The van der Waals surface area contributed by atoms with Gasteiger partial charge in [-0.2, -0.15) is 8.42 Å². The molecule has 2 rings (SSSR count). The molecule has 1 aromatic carbocycles. The minimum atomic E-state index is -4.28. The molecule has 0 saturated carbocycles. The number of rotatable bonds is 4. The smallest absolute Gasteiger partial charge is 0.349 e. The Balaban J connectivity index is 2.05. The number of benzene rings is 1. The minimum Gasteiger partial charge on any atom is -0.349 e. The van der Waals surface area contributed by atoms with Crippen LogP contribution in [-0.4, -0.2) is 20.4 Å². The maximum Gasteiger partial charge on any atom is 0.454 e. The van der Waals surface area contributed by atoms with Crippen molar-refractivity contribution in [2.45, 2.75) is 10.5 Å². The van der Waals surface area contributed by atoms with Crippen LogP contribution in [0.15, 0.2) is 29.2 Å². The summed E-state index contributed by atoms with van der Waals surface area (Å²) in [6.45, 7) is -0.192. The highest BCUT2D eigenvalue weighted by molar-refractivity contribution is 8.00. The first-order chi connectivity index (χ1) is 7.61. The molecule has 0 aliphatic carbocycles. The van der Waals surface area contributed by atoms with E-state index in [1.54, 1.807) is 6.07 Å². The van der Waals surface area contributed by atoms with Crippen molar-refractivity contribution in [1.82, 2.24) is 0 Å². The zero-order valence-electron chi connectivity index (χ0n) is 7.82. The molecule has 1 aliphatic heterocycles. The maximum absolute atomic E-state index is 11.0. The Bertz CT molecular complexity index is 476. The van der Waals surface area contributed by atoms with Crippen LogP contribution in [0, 0.1) is 0 Å². The van der Waals surface area contributed by atoms with Crippen LogP contribution in [0.25, 0.3) is 0 Å². The lowest BCUT2D eigenvalue weighted by atomic mass is 10.3. The number of anilines is 1. The fourth-order valence-corrected chi connectivity index (χ4v) is 2.86. The van der Waals surface area contributed by atoms with Crippen LogP contribution in [0.4, 0.5) is 5.69 Å². The van der Waals surface area contributed by atoms with E-state index in [4.69, 9.17) is 0 Å². The number of fused-ring (bicyclic) bond motifs is 1. The maximum atomic E-state index is 11.0. The summed E-state index contributed by atoms with van der Waals surface area (Å²) in [6, 6.07) is 7.25. The molecule has 1 atom stereocenters. The van der Waals surface area contributed by atoms with Gasteiger partial charge in [0.25, 0.3) is 0 Å². The lowest BCUT2D eigenvalue weighted by Gasteiger charge is -2.09. The fourth-order valence-electron chi connectivity index (χ4n) is 1.18. The molecule has 0 radical (unpaired) electrons. The van der Waals surface area contributed by atoms with Gasteiger partial charge in [-0.05, 0) is 12.1 Å². The summed E-state index contributed by atoms with van der Waals surface area (Å²) in [5.74, 6) is 0. The predicted octanol–water partition coefficient (Wildman–Crippen LogP) is 0.922. The normalized spacial score (nSPS) is 18.6. The Morgan fingerprint density at radius 3 is 2.81 bits per heavy atom. The second kappa shape index (κ2) is 4.32. The summed E-state index contributed by atoms with van der Waals surface area (Å²) in [7, 11) is -4.28. The van der Waals surface area contributed by atoms with Gasteiger partial charge in [0, 0.05) is 4.90 Å². The largest absolute Gasteiger partial charge is 0.454 e. The quantitative estimate of drug-likeness (QED) is 0.807. The average molecular weight is 261 g/mol. The molecule has 0 bridgehead atoms. The molecule has 0 spiro atoms. The van der Waals surface area contributed by atoms with Crippen LogP contribution in [0.5, 0.6) is 0 Å². The van der Waals surface area contributed by atoms with E-state index < -0.39 is 16.0 Å². The molecule has 1 unspecified atom stereocenters. The summed E-state index contributed by atoms with van der Waals surface area (Å²) in [6.07, 6.45) is 0. The Kier molecular flexibility index (Phi) is 3.03. The molecule has 8 heteroatoms. The summed E-state index contributed by atoms with van der Waals surface area (Å²) < 4.78 is 30.4. The van der Waals surface area contributed by atoms with Crippen LogP contribution in [0.1, 0.15) is 0 Å². The third-order valence-electron chi connectivity index (χ3n) is 1.76. The summed E-state index contributed by atoms with van der Waals surface area (Å²) in [4.78, 5) is 10.8. The van der Waals surface area contributed by atoms with Gasteiger partial charge in [-0.1, -0.05) is 23.9 Å². The summed E-state index contributed by atoms with van der Waals surface area (Å²) in [5.41, 5.74) is -0.0406. The molecule has 1 N–H and O–H groups in total. The molecule has 16 heavy (non-hydrogen) atoms. The van der Waals surface area contributed by atoms with E-state index >= 15 is 0 Å². The van der Waals surface area contributed by atoms with Crippen LogP contribution in [0.2, 0.25) is 0 Å². The third kappa shape index (κ3) is 2.46. The second-order valence-corrected chi connectivity index (χ2v) is 5.09. The van der Waals surface area contributed by atoms with Crippen molar-refractivity contribution < 1.29 is 21.6 Å². The van der Waals surface area contributed by atoms with E-state index in [0.29, 0.717) is 0 Å². The van der Waals surface area contributed by atoms with E-state index in [-0.39, 0.29) is 6.47 Å². The monoisotopic (exact) mass is 261 g/mol. The molecule has 0 aromatic heterocycles. The SMILES string of the molecule is O=COS(=O)(=O)OC1Nc2ccccc2S1. The average Bonchev–Trinajstić information content (AvgIpc) is 2.58. The highest BCUT2D eigenvalue weighted by Crippen LogP contribution is 2.38. The third-order valence-corrected chi connectivity index (χ3v) is 3.66. The number of carbonyl (C=O) groups is 1. The first-order valence-electron chi connectivity index (χ1n) is 4.18. The first kappa shape index (κ1) is 11.2. The number of nitrogens with one attached hydrogen (secondary N) is 1. The highest BCUT2D eigenvalue weighted by atomic mass is 32.3. The molecule has 0 saturated heterocycles. The lowest BCUT2D eigenvalue weighted by molar-refractivity contribution is -0.120. The summed E-state index contributed by atoms with van der Waals surface area (Å²) >= 11 is 1.18. The van der Waals surface area contributed by atoms with E-state index in [1.165, 1.54) is 11.8 Å². The van der Waals surface area contributed by atoms with Crippen molar-refractivity contribution in [3.8, 4) is 0 Å². The Morgan fingerprint density at radius 2 is 2.12 bits per heavy atom. The zero-order chi connectivity index (χ0) is 11.6. The topological polar surface area (TPSA) is 81.7 Å². The van der Waals surface area contributed by atoms with Gasteiger partial charge in [-0.3, -0.25) is 4.79 Å². The van der Waals surface area contributed by atoms with E-state index in [2.05, 4.69) is 13.7 Å². The lowest BCUT2D eigenvalue weighted by Crippen LogP contribution is -2.21. The number of carbonyl (C=O) groups excluding carboxylic acids is 1. The van der Waals surface area contributed by atoms with Crippen LogP contribution < -0.4 is 5.32 Å². The fraction of sp³-hybridized carbons (Fsp3) is 0.125. The molecule has 6 nitrogen and oxygen atoms in total. The van der Waals surface area contributed by atoms with Gasteiger partial charge in [-0.15, -0.1) is 0 Å². The highest BCUT2D eigenvalue weighted by Gasteiger charge is 2.27. The van der Waals surface area contributed by atoms with E-state index in [1.807, 2.05) is 18.2 Å². The van der Waals surface area contributed by atoms with Crippen LogP contribution >= 0.6 is 11.8 Å². The molecule has 1 aromatic rings. The number of para-hydroxylation sites is 1. The number of hydrogen-bond donors (Lipinski definition) is 1. The van der Waals surface area contributed by atoms with Gasteiger partial charge in [-0.25, -0.2) is 4.18 Å². The van der Waals surface area contributed by atoms with E-state index in [0.717, 1.165) is 10.6 Å². The van der Waals surface area contributed by atoms with Gasteiger partial charge < -0.3 is 9.50 Å². The number of thioether (sulfide) groups is 1. The Hall–Kier alpha value is -1.25. The molecular weight excluding hydrogens is 254 g/mol. The van der Waals surface area contributed by atoms with Crippen molar-refractivity contribution in [2.75, 3.05) is 5.32 Å². The minimum absolute atomic E-state index is 0.192. The molecular formula is C8H7NO5S2. The van der Waals surface area contributed by atoms with Crippen LogP contribution in [0.3, 0.4) is 0 Å². The molecule has 0 fully saturated rings. The van der Waals surface area contributed by atoms with Crippen LogP contribution in [-0.2, 0) is 23.6 Å². The van der Waals surface area contributed by atoms with Crippen molar-refractivity contribution in [1.29, 1.82) is 0 Å². The van der Waals surface area contributed by atoms with Gasteiger partial charge >= 0.3 is 16.9 Å². The Labute approximate surface area is 96.3 Å². The predicted molar refractivity (Wildman–Crippen MR) is 56.9 cm³/mol. The first-order valence-corrected chi connectivity index (χ1v) is 6.39. The standard InChI is InChI=1S/C8H7NO5S2/c10-5-13-16(11,12)14-8-9-6-3-1-2-4-7(6)15-8/h1-5,8-9H. The van der Waals surface area contributed by atoms with Crippen molar-refractivity contribution in [3.63, 3.8) is 0 Å². The Morgan fingerprint density at radius 1 is 1.38 bits per heavy atom. The van der Waals surface area contributed by atoms with Crippen molar-refractivity contribution in [2.24, 2.45) is 0 Å². The zero-order valence-corrected chi connectivity index (χ0v) is 9.45. The van der Waals surface area contributed by atoms with E-state index in [9.17, 15) is 13.2 Å². The van der Waals surface area contributed by atoms with Gasteiger partial charge in [0.15, 0.2) is 0 Å². The molecule has 0 amide bonds. The molecule has 86 valence electrons. The number of hydrogen-bond acceptors (Lipinski definition) is 7. The van der Waals surface area contributed by atoms with Gasteiger partial charge in [0.1, 0.15) is 0 Å². The van der Waals surface area contributed by atoms with Crippen molar-refractivity contribution >= 4 is 34.3 Å². The van der Waals surface area contributed by atoms with Gasteiger partial charge in [0.2, 0.25) is 5.56 Å². The second-order valence-electron chi connectivity index (χ2n) is 2.79. The molecule has 1 heterocycles.